The molecule has 1 aromatic heterocycles. The van der Waals surface area contributed by atoms with Crippen LogP contribution >= 0.6 is 11.3 Å². The molecule has 36 heavy (non-hydrogen) atoms. The summed E-state index contributed by atoms with van der Waals surface area (Å²) < 4.78 is 16.6. The molecule has 4 rings (SSSR count). The molecule has 0 fully saturated rings. The number of carboxylic acid groups (broad SMARTS) is 1. The van der Waals surface area contributed by atoms with Crippen LogP contribution in [0.25, 0.3) is 0 Å². The number of hydrogen-bond donors (Lipinski definition) is 1. The van der Waals surface area contributed by atoms with Crippen LogP contribution in [0.4, 0.5) is 5.69 Å². The van der Waals surface area contributed by atoms with Crippen LogP contribution in [0, 0.1) is 0 Å². The van der Waals surface area contributed by atoms with Crippen LogP contribution in [0.5, 0.6) is 23.0 Å². The molecule has 0 spiro atoms. The van der Waals surface area contributed by atoms with Gasteiger partial charge in [0.25, 0.3) is 0 Å². The smallest absolute Gasteiger partial charge is 0.355 e. The largest absolute Gasteiger partial charge is 0.497 e. The van der Waals surface area contributed by atoms with Crippen LogP contribution in [-0.4, -0.2) is 36.2 Å². The standard InChI is InChI=1S/C27H24N2O6S/c1-33-22-12-19(13-23(14-22)34-2)29(26(30)15-25-28-24(17-36-25)27(31)32)16-18-8-10-21(11-9-18)35-20-6-4-3-5-7-20/h3-14,17H,15-16H2,1-2H3,(H,31,32). The minimum atomic E-state index is -1.13. The number of amides is 1. The maximum atomic E-state index is 13.4. The molecule has 1 amide bonds. The van der Waals surface area contributed by atoms with Crippen molar-refractivity contribution in [3.05, 3.63) is 94.4 Å². The van der Waals surface area contributed by atoms with Crippen molar-refractivity contribution in [3.63, 3.8) is 0 Å². The topological polar surface area (TPSA) is 98.2 Å². The van der Waals surface area contributed by atoms with Crippen molar-refractivity contribution >= 4 is 28.9 Å². The first-order valence-corrected chi connectivity index (χ1v) is 11.9. The third-order valence-electron chi connectivity index (χ3n) is 5.27. The third-order valence-corrected chi connectivity index (χ3v) is 6.11. The maximum Gasteiger partial charge on any atom is 0.355 e. The highest BCUT2D eigenvalue weighted by molar-refractivity contribution is 7.09. The second kappa shape index (κ2) is 11.4. The summed E-state index contributed by atoms with van der Waals surface area (Å²) in [5, 5.41) is 11.0. The van der Waals surface area contributed by atoms with Crippen molar-refractivity contribution < 1.29 is 28.9 Å². The zero-order valence-corrected chi connectivity index (χ0v) is 20.5. The summed E-state index contributed by atoms with van der Waals surface area (Å²) in [5.41, 5.74) is 1.37. The monoisotopic (exact) mass is 504 g/mol. The highest BCUT2D eigenvalue weighted by Crippen LogP contribution is 2.31. The lowest BCUT2D eigenvalue weighted by Crippen LogP contribution is -2.31. The van der Waals surface area contributed by atoms with Gasteiger partial charge in [0.2, 0.25) is 5.91 Å². The van der Waals surface area contributed by atoms with Crippen molar-refractivity contribution in [1.82, 2.24) is 4.98 Å². The number of carbonyl (C=O) groups is 2. The molecule has 3 aromatic carbocycles. The fourth-order valence-corrected chi connectivity index (χ4v) is 4.22. The number of methoxy groups -OCH3 is 2. The van der Waals surface area contributed by atoms with Crippen molar-refractivity contribution in [2.24, 2.45) is 0 Å². The number of para-hydroxylation sites is 1. The second-order valence-corrected chi connectivity index (χ2v) is 8.66. The Hall–Kier alpha value is -4.37. The van der Waals surface area contributed by atoms with Crippen LogP contribution in [0.1, 0.15) is 21.1 Å². The number of ether oxygens (including phenoxy) is 3. The lowest BCUT2D eigenvalue weighted by atomic mass is 10.1. The molecule has 0 unspecified atom stereocenters. The molecule has 0 aliphatic carbocycles. The van der Waals surface area contributed by atoms with Gasteiger partial charge in [0.15, 0.2) is 5.69 Å². The number of anilines is 1. The van der Waals surface area contributed by atoms with Crippen molar-refractivity contribution in [2.75, 3.05) is 19.1 Å². The van der Waals surface area contributed by atoms with E-state index in [0.29, 0.717) is 27.9 Å². The van der Waals surface area contributed by atoms with Crippen molar-refractivity contribution in [3.8, 4) is 23.0 Å². The Labute approximate surface area is 212 Å². The van der Waals surface area contributed by atoms with Crippen LogP contribution in [0.15, 0.2) is 78.2 Å². The lowest BCUT2D eigenvalue weighted by molar-refractivity contribution is -0.118. The molecule has 0 bridgehead atoms. The molecule has 0 saturated carbocycles. The van der Waals surface area contributed by atoms with Gasteiger partial charge in [0, 0.05) is 23.6 Å². The number of rotatable bonds is 10. The summed E-state index contributed by atoms with van der Waals surface area (Å²) >= 11 is 1.14. The Morgan fingerprint density at radius 3 is 2.11 bits per heavy atom. The molecular formula is C27H24N2O6S. The molecule has 9 heteroatoms. The van der Waals surface area contributed by atoms with Gasteiger partial charge in [-0.25, -0.2) is 9.78 Å². The molecule has 0 atom stereocenters. The first-order valence-electron chi connectivity index (χ1n) is 11.0. The first-order chi connectivity index (χ1) is 17.4. The van der Waals surface area contributed by atoms with E-state index in [4.69, 9.17) is 19.3 Å². The van der Waals surface area contributed by atoms with Gasteiger partial charge in [0.1, 0.15) is 28.0 Å². The van der Waals surface area contributed by atoms with E-state index in [-0.39, 0.29) is 24.6 Å². The summed E-state index contributed by atoms with van der Waals surface area (Å²) in [5.74, 6) is 1.11. The molecule has 1 N–H and O–H groups in total. The lowest BCUT2D eigenvalue weighted by Gasteiger charge is -2.24. The number of carboxylic acids is 1. The van der Waals surface area contributed by atoms with E-state index in [9.17, 15) is 9.59 Å². The number of hydrogen-bond acceptors (Lipinski definition) is 7. The predicted octanol–water partition coefficient (Wildman–Crippen LogP) is 5.43. The van der Waals surface area contributed by atoms with E-state index < -0.39 is 5.97 Å². The molecule has 0 aliphatic rings. The van der Waals surface area contributed by atoms with Gasteiger partial charge in [-0.3, -0.25) is 4.79 Å². The summed E-state index contributed by atoms with van der Waals surface area (Å²) in [6.07, 6.45) is -0.0489. The molecule has 4 aromatic rings. The van der Waals surface area contributed by atoms with Gasteiger partial charge in [0.05, 0.1) is 32.9 Å². The number of benzene rings is 3. The first kappa shape index (κ1) is 24.7. The fourth-order valence-electron chi connectivity index (χ4n) is 3.46. The Morgan fingerprint density at radius 1 is 0.889 bits per heavy atom. The SMILES string of the molecule is COc1cc(OC)cc(N(Cc2ccc(Oc3ccccc3)cc2)C(=O)Cc2nc(C(=O)O)cs2)c1. The second-order valence-electron chi connectivity index (χ2n) is 7.72. The van der Waals surface area contributed by atoms with Crippen molar-refractivity contribution in [2.45, 2.75) is 13.0 Å². The Bertz CT molecular complexity index is 1320. The van der Waals surface area contributed by atoms with Gasteiger partial charge in [-0.2, -0.15) is 0 Å². The van der Waals surface area contributed by atoms with Gasteiger partial charge in [-0.15, -0.1) is 11.3 Å². The van der Waals surface area contributed by atoms with E-state index in [1.807, 2.05) is 54.6 Å². The number of nitrogens with zero attached hydrogens (tertiary/aromatic N) is 2. The molecule has 184 valence electrons. The third kappa shape index (κ3) is 6.19. The summed E-state index contributed by atoms with van der Waals surface area (Å²) in [6.45, 7) is 0.262. The van der Waals surface area contributed by atoms with Gasteiger partial charge in [-0.1, -0.05) is 30.3 Å². The predicted molar refractivity (Wildman–Crippen MR) is 136 cm³/mol. The highest BCUT2D eigenvalue weighted by atomic mass is 32.1. The minimum Gasteiger partial charge on any atom is -0.497 e. The van der Waals surface area contributed by atoms with Gasteiger partial charge < -0.3 is 24.2 Å². The van der Waals surface area contributed by atoms with Crippen LogP contribution < -0.4 is 19.1 Å². The molecule has 0 saturated heterocycles. The number of carbonyl (C=O) groups excluding carboxylic acids is 1. The molecule has 0 radical (unpaired) electrons. The molecule has 8 nitrogen and oxygen atoms in total. The Balaban J connectivity index is 1.60. The normalized spacial score (nSPS) is 10.5. The van der Waals surface area contributed by atoms with Crippen LogP contribution in [0.2, 0.25) is 0 Å². The van der Waals surface area contributed by atoms with E-state index in [0.717, 1.165) is 22.6 Å². The van der Waals surface area contributed by atoms with Gasteiger partial charge in [-0.05, 0) is 29.8 Å². The number of aromatic carboxylic acids is 1. The van der Waals surface area contributed by atoms with E-state index in [1.165, 1.54) is 5.38 Å². The quantitative estimate of drug-likeness (QED) is 0.308. The maximum absolute atomic E-state index is 13.4. The number of aromatic nitrogens is 1. The van der Waals surface area contributed by atoms with E-state index >= 15 is 0 Å². The summed E-state index contributed by atoms with van der Waals surface area (Å²) in [6, 6.07) is 22.2. The molecule has 0 aliphatic heterocycles. The van der Waals surface area contributed by atoms with Crippen molar-refractivity contribution in [1.29, 1.82) is 0 Å². The summed E-state index contributed by atoms with van der Waals surface area (Å²) in [4.78, 5) is 30.3. The molecular weight excluding hydrogens is 480 g/mol. The average Bonchev–Trinajstić information content (AvgIpc) is 3.37. The van der Waals surface area contributed by atoms with Crippen LogP contribution in [0.3, 0.4) is 0 Å². The Morgan fingerprint density at radius 2 is 1.53 bits per heavy atom. The summed E-state index contributed by atoms with van der Waals surface area (Å²) in [7, 11) is 3.08. The Kier molecular flexibility index (Phi) is 7.82. The fraction of sp³-hybridized carbons (Fsp3) is 0.148. The minimum absolute atomic E-state index is 0.0489. The zero-order valence-electron chi connectivity index (χ0n) is 19.7. The van der Waals surface area contributed by atoms with Gasteiger partial charge >= 0.3 is 5.97 Å². The molecule has 1 heterocycles. The van der Waals surface area contributed by atoms with E-state index in [1.54, 1.807) is 37.3 Å². The van der Waals surface area contributed by atoms with E-state index in [2.05, 4.69) is 4.98 Å². The highest BCUT2D eigenvalue weighted by Gasteiger charge is 2.21. The average molecular weight is 505 g/mol. The number of thiazole rings is 1. The van der Waals surface area contributed by atoms with Crippen LogP contribution in [-0.2, 0) is 17.8 Å². The zero-order chi connectivity index (χ0) is 25.5.